The van der Waals surface area contributed by atoms with Gasteiger partial charge in [-0.05, 0) is 37.2 Å². The number of nitrogens with zero attached hydrogens (tertiary/aromatic N) is 2. The third-order valence-corrected chi connectivity index (χ3v) is 2.93. The number of halogens is 1. The maximum Gasteiger partial charge on any atom is 0.236 e. The molecular weight excluding hydrogens is 259 g/mol. The van der Waals surface area contributed by atoms with Gasteiger partial charge in [0.15, 0.2) is 5.78 Å². The van der Waals surface area contributed by atoms with E-state index in [9.17, 15) is 14.0 Å². The van der Waals surface area contributed by atoms with E-state index in [0.717, 1.165) is 6.42 Å². The Hall–Kier alpha value is -1.75. The number of benzene rings is 1. The van der Waals surface area contributed by atoms with Crippen molar-refractivity contribution in [3.05, 3.63) is 35.6 Å². The maximum atomic E-state index is 12.8. The molecule has 20 heavy (non-hydrogen) atoms. The molecule has 0 aliphatic rings. The average Bonchev–Trinajstić information content (AvgIpc) is 2.39. The van der Waals surface area contributed by atoms with E-state index in [-0.39, 0.29) is 30.6 Å². The summed E-state index contributed by atoms with van der Waals surface area (Å²) in [6, 6.07) is 5.47. The maximum absolute atomic E-state index is 12.8. The summed E-state index contributed by atoms with van der Waals surface area (Å²) in [5.74, 6) is -0.509. The number of carbonyl (C=O) groups is 2. The smallest absolute Gasteiger partial charge is 0.236 e. The molecule has 0 fully saturated rings. The largest absolute Gasteiger partial charge is 0.348 e. The normalized spacial score (nSPS) is 10.7. The standard InChI is InChI=1S/C15H21FN2O2/c1-4-9-18(11-15(20)17(2)3)10-14(19)12-5-7-13(16)8-6-12/h5-8H,4,9-11H2,1-3H3. The van der Waals surface area contributed by atoms with Crippen LogP contribution in [0.3, 0.4) is 0 Å². The minimum atomic E-state index is -0.366. The zero-order chi connectivity index (χ0) is 15.1. The minimum absolute atomic E-state index is 0.0367. The third kappa shape index (κ3) is 5.09. The lowest BCUT2D eigenvalue weighted by atomic mass is 10.1. The minimum Gasteiger partial charge on any atom is -0.348 e. The lowest BCUT2D eigenvalue weighted by Gasteiger charge is -2.22. The number of carbonyl (C=O) groups excluding carboxylic acids is 2. The summed E-state index contributed by atoms with van der Waals surface area (Å²) < 4.78 is 12.8. The van der Waals surface area contributed by atoms with E-state index in [2.05, 4.69) is 0 Å². The highest BCUT2D eigenvalue weighted by atomic mass is 19.1. The van der Waals surface area contributed by atoms with Crippen LogP contribution in [0.4, 0.5) is 4.39 Å². The van der Waals surface area contributed by atoms with Gasteiger partial charge >= 0.3 is 0 Å². The van der Waals surface area contributed by atoms with Gasteiger partial charge in [0.25, 0.3) is 0 Å². The second-order valence-corrected chi connectivity index (χ2v) is 4.93. The van der Waals surface area contributed by atoms with Gasteiger partial charge in [0.1, 0.15) is 5.82 Å². The highest BCUT2D eigenvalue weighted by Gasteiger charge is 2.16. The molecule has 0 aromatic heterocycles. The van der Waals surface area contributed by atoms with Crippen LogP contribution in [0.15, 0.2) is 24.3 Å². The summed E-state index contributed by atoms with van der Waals surface area (Å²) >= 11 is 0. The van der Waals surface area contributed by atoms with Crippen LogP contribution in [0.2, 0.25) is 0 Å². The molecule has 0 aliphatic heterocycles. The first-order chi connectivity index (χ1) is 9.43. The predicted molar refractivity (Wildman–Crippen MR) is 76.2 cm³/mol. The van der Waals surface area contributed by atoms with Gasteiger partial charge in [0, 0.05) is 19.7 Å². The highest BCUT2D eigenvalue weighted by Crippen LogP contribution is 2.05. The number of likely N-dealkylation sites (N-methyl/N-ethyl adjacent to an activating group) is 1. The summed E-state index contributed by atoms with van der Waals surface area (Å²) in [7, 11) is 3.38. The third-order valence-electron chi connectivity index (χ3n) is 2.93. The molecule has 1 aromatic carbocycles. The monoisotopic (exact) mass is 280 g/mol. The Labute approximate surface area is 119 Å². The van der Waals surface area contributed by atoms with Crippen molar-refractivity contribution in [3.8, 4) is 0 Å². The Morgan fingerprint density at radius 2 is 1.70 bits per heavy atom. The van der Waals surface area contributed by atoms with E-state index >= 15 is 0 Å². The van der Waals surface area contributed by atoms with Crippen LogP contribution >= 0.6 is 0 Å². The van der Waals surface area contributed by atoms with Crippen molar-refractivity contribution in [2.24, 2.45) is 0 Å². The summed E-state index contributed by atoms with van der Waals surface area (Å²) in [6.07, 6.45) is 0.859. The first kappa shape index (κ1) is 16.3. The molecule has 0 spiro atoms. The van der Waals surface area contributed by atoms with E-state index in [4.69, 9.17) is 0 Å². The summed E-state index contributed by atoms with van der Waals surface area (Å²) in [4.78, 5) is 27.1. The molecule has 0 radical (unpaired) electrons. The Morgan fingerprint density at radius 3 is 2.20 bits per heavy atom. The van der Waals surface area contributed by atoms with Gasteiger partial charge in [0.05, 0.1) is 13.1 Å². The van der Waals surface area contributed by atoms with Gasteiger partial charge in [-0.25, -0.2) is 4.39 Å². The van der Waals surface area contributed by atoms with Crippen LogP contribution in [0.5, 0.6) is 0 Å². The van der Waals surface area contributed by atoms with E-state index in [1.165, 1.54) is 29.2 Å². The Morgan fingerprint density at radius 1 is 1.10 bits per heavy atom. The fraction of sp³-hybridized carbons (Fsp3) is 0.467. The fourth-order valence-corrected chi connectivity index (χ4v) is 1.79. The summed E-state index contributed by atoms with van der Waals surface area (Å²) in [5, 5.41) is 0. The van der Waals surface area contributed by atoms with E-state index in [1.54, 1.807) is 14.1 Å². The number of ketones is 1. The Kier molecular flexibility index (Phi) is 6.31. The van der Waals surface area contributed by atoms with E-state index in [1.807, 2.05) is 11.8 Å². The molecule has 110 valence electrons. The molecule has 0 unspecified atom stereocenters. The second-order valence-electron chi connectivity index (χ2n) is 4.93. The molecule has 0 aliphatic carbocycles. The lowest BCUT2D eigenvalue weighted by molar-refractivity contribution is -0.129. The van der Waals surface area contributed by atoms with Crippen molar-refractivity contribution in [3.63, 3.8) is 0 Å². The van der Waals surface area contributed by atoms with Crippen molar-refractivity contribution in [2.45, 2.75) is 13.3 Å². The molecule has 0 atom stereocenters. The first-order valence-corrected chi connectivity index (χ1v) is 6.65. The zero-order valence-electron chi connectivity index (χ0n) is 12.2. The van der Waals surface area contributed by atoms with Gasteiger partial charge in [0.2, 0.25) is 5.91 Å². The number of rotatable bonds is 7. The molecule has 4 nitrogen and oxygen atoms in total. The van der Waals surface area contributed by atoms with Gasteiger partial charge in [-0.1, -0.05) is 6.92 Å². The average molecular weight is 280 g/mol. The Bertz CT molecular complexity index is 457. The molecule has 0 bridgehead atoms. The highest BCUT2D eigenvalue weighted by molar-refractivity contribution is 5.97. The zero-order valence-corrected chi connectivity index (χ0v) is 12.2. The number of Topliss-reactive ketones (excluding diaryl/α,β-unsaturated/α-hetero) is 1. The lowest BCUT2D eigenvalue weighted by Crippen LogP contribution is -2.39. The van der Waals surface area contributed by atoms with Crippen molar-refractivity contribution < 1.29 is 14.0 Å². The molecule has 0 saturated heterocycles. The van der Waals surface area contributed by atoms with Crippen LogP contribution in [0, 0.1) is 5.82 Å². The molecular formula is C15H21FN2O2. The van der Waals surface area contributed by atoms with Crippen LogP contribution in [0.25, 0.3) is 0 Å². The Balaban J connectivity index is 2.67. The van der Waals surface area contributed by atoms with Gasteiger partial charge in [-0.15, -0.1) is 0 Å². The molecule has 5 heteroatoms. The molecule has 0 N–H and O–H groups in total. The summed E-state index contributed by atoms with van der Waals surface area (Å²) in [5.41, 5.74) is 0.463. The van der Waals surface area contributed by atoms with Crippen LogP contribution in [-0.2, 0) is 4.79 Å². The van der Waals surface area contributed by atoms with E-state index in [0.29, 0.717) is 12.1 Å². The molecule has 1 aromatic rings. The number of amides is 1. The summed E-state index contributed by atoms with van der Waals surface area (Å²) in [6.45, 7) is 3.05. The predicted octanol–water partition coefficient (Wildman–Crippen LogP) is 1.81. The number of hydrogen-bond acceptors (Lipinski definition) is 3. The van der Waals surface area contributed by atoms with Gasteiger partial charge in [-0.2, -0.15) is 0 Å². The van der Waals surface area contributed by atoms with Crippen molar-refractivity contribution in [2.75, 3.05) is 33.7 Å². The van der Waals surface area contributed by atoms with Crippen LogP contribution in [-0.4, -0.2) is 55.2 Å². The van der Waals surface area contributed by atoms with Crippen molar-refractivity contribution in [1.29, 1.82) is 0 Å². The van der Waals surface area contributed by atoms with Gasteiger partial charge < -0.3 is 4.90 Å². The first-order valence-electron chi connectivity index (χ1n) is 6.65. The van der Waals surface area contributed by atoms with Gasteiger partial charge in [-0.3, -0.25) is 14.5 Å². The SMILES string of the molecule is CCCN(CC(=O)c1ccc(F)cc1)CC(=O)N(C)C. The van der Waals surface area contributed by atoms with Crippen LogP contribution in [0.1, 0.15) is 23.7 Å². The second kappa shape index (κ2) is 7.75. The van der Waals surface area contributed by atoms with Crippen LogP contribution < -0.4 is 0 Å². The molecule has 1 amide bonds. The number of hydrogen-bond donors (Lipinski definition) is 0. The van der Waals surface area contributed by atoms with E-state index < -0.39 is 0 Å². The fourth-order valence-electron chi connectivity index (χ4n) is 1.79. The van der Waals surface area contributed by atoms with Crippen molar-refractivity contribution >= 4 is 11.7 Å². The topological polar surface area (TPSA) is 40.6 Å². The molecule has 0 saturated carbocycles. The molecule has 0 heterocycles. The quantitative estimate of drug-likeness (QED) is 0.715. The van der Waals surface area contributed by atoms with Crippen molar-refractivity contribution in [1.82, 2.24) is 9.80 Å². The molecule has 1 rings (SSSR count).